The van der Waals surface area contributed by atoms with Gasteiger partial charge in [-0.2, -0.15) is 5.10 Å². The van der Waals surface area contributed by atoms with Crippen LogP contribution >= 0.6 is 27.5 Å². The van der Waals surface area contributed by atoms with E-state index in [1.165, 1.54) is 0 Å². The molecular formula is C13H14BrClN2O2. The number of methoxy groups -OCH3 is 1. The first kappa shape index (κ1) is 14.5. The van der Waals surface area contributed by atoms with Gasteiger partial charge in [-0.1, -0.05) is 23.7 Å². The molecule has 4 nitrogen and oxygen atoms in total. The number of halogens is 2. The largest absolute Gasteiger partial charge is 0.383 e. The molecule has 6 heteroatoms. The van der Waals surface area contributed by atoms with Gasteiger partial charge in [-0.3, -0.25) is 4.68 Å². The van der Waals surface area contributed by atoms with Crippen molar-refractivity contribution in [2.24, 2.45) is 0 Å². The Bertz CT molecular complexity index is 542. The van der Waals surface area contributed by atoms with Gasteiger partial charge in [0, 0.05) is 12.1 Å². The third-order valence-electron chi connectivity index (χ3n) is 2.79. The van der Waals surface area contributed by atoms with Crippen molar-refractivity contribution in [1.82, 2.24) is 9.78 Å². The lowest BCUT2D eigenvalue weighted by Crippen LogP contribution is -2.13. The second kappa shape index (κ2) is 6.52. The van der Waals surface area contributed by atoms with Crippen molar-refractivity contribution in [3.63, 3.8) is 0 Å². The van der Waals surface area contributed by atoms with Crippen molar-refractivity contribution in [3.8, 4) is 0 Å². The van der Waals surface area contributed by atoms with Crippen LogP contribution in [0.2, 0.25) is 5.02 Å². The van der Waals surface area contributed by atoms with Crippen molar-refractivity contribution in [2.45, 2.75) is 12.6 Å². The van der Waals surface area contributed by atoms with E-state index in [4.69, 9.17) is 16.3 Å². The van der Waals surface area contributed by atoms with E-state index in [-0.39, 0.29) is 0 Å². The molecule has 0 aliphatic rings. The van der Waals surface area contributed by atoms with E-state index in [0.29, 0.717) is 23.9 Å². The summed E-state index contributed by atoms with van der Waals surface area (Å²) >= 11 is 9.26. The lowest BCUT2D eigenvalue weighted by Gasteiger charge is -2.14. The Morgan fingerprint density at radius 3 is 2.74 bits per heavy atom. The highest BCUT2D eigenvalue weighted by atomic mass is 79.9. The van der Waals surface area contributed by atoms with E-state index in [1.54, 1.807) is 42.3 Å². The molecule has 0 fully saturated rings. The Morgan fingerprint density at radius 1 is 1.42 bits per heavy atom. The standard InChI is InChI=1S/C13H14BrClN2O2/c1-19-7-6-17-12(11(14)8-16-17)13(18)9-2-4-10(15)5-3-9/h2-5,8,13,18H,6-7H2,1H3. The molecule has 1 aromatic carbocycles. The normalized spacial score (nSPS) is 12.6. The summed E-state index contributed by atoms with van der Waals surface area (Å²) in [6.45, 7) is 1.12. The predicted molar refractivity (Wildman–Crippen MR) is 77.3 cm³/mol. The Kier molecular flexibility index (Phi) is 4.99. The first-order valence-electron chi connectivity index (χ1n) is 5.77. The number of aliphatic hydroxyl groups excluding tert-OH is 1. The molecular weight excluding hydrogens is 332 g/mol. The molecule has 0 radical (unpaired) electrons. The molecule has 1 aromatic heterocycles. The molecule has 0 bridgehead atoms. The van der Waals surface area contributed by atoms with Crippen LogP contribution in [-0.2, 0) is 11.3 Å². The van der Waals surface area contributed by atoms with Crippen LogP contribution in [0, 0.1) is 0 Å². The van der Waals surface area contributed by atoms with Crippen molar-refractivity contribution in [2.75, 3.05) is 13.7 Å². The minimum absolute atomic E-state index is 0.536. The summed E-state index contributed by atoms with van der Waals surface area (Å²) in [7, 11) is 1.63. The zero-order valence-corrected chi connectivity index (χ0v) is 12.7. The molecule has 0 amide bonds. The van der Waals surface area contributed by atoms with E-state index in [1.807, 2.05) is 0 Å². The molecule has 1 atom stereocenters. The van der Waals surface area contributed by atoms with Gasteiger partial charge in [-0.05, 0) is 33.6 Å². The number of ether oxygens (including phenoxy) is 1. The van der Waals surface area contributed by atoms with Gasteiger partial charge in [0.25, 0.3) is 0 Å². The summed E-state index contributed by atoms with van der Waals surface area (Å²) in [5, 5.41) is 15.3. The number of hydrogen-bond acceptors (Lipinski definition) is 3. The average molecular weight is 346 g/mol. The number of aliphatic hydroxyl groups is 1. The van der Waals surface area contributed by atoms with Crippen LogP contribution in [0.4, 0.5) is 0 Å². The van der Waals surface area contributed by atoms with Crippen LogP contribution in [0.1, 0.15) is 17.4 Å². The van der Waals surface area contributed by atoms with Gasteiger partial charge in [0.15, 0.2) is 0 Å². The highest BCUT2D eigenvalue weighted by molar-refractivity contribution is 9.10. The van der Waals surface area contributed by atoms with Gasteiger partial charge in [0.1, 0.15) is 6.10 Å². The zero-order chi connectivity index (χ0) is 13.8. The monoisotopic (exact) mass is 344 g/mol. The van der Waals surface area contributed by atoms with Crippen molar-refractivity contribution < 1.29 is 9.84 Å². The van der Waals surface area contributed by atoms with Crippen LogP contribution in [0.15, 0.2) is 34.9 Å². The Labute approximate surface area is 125 Å². The lowest BCUT2D eigenvalue weighted by atomic mass is 10.1. The van der Waals surface area contributed by atoms with Crippen LogP contribution in [0.5, 0.6) is 0 Å². The number of benzene rings is 1. The molecule has 0 spiro atoms. The zero-order valence-electron chi connectivity index (χ0n) is 10.4. The second-order valence-electron chi connectivity index (χ2n) is 4.05. The maximum atomic E-state index is 10.5. The molecule has 19 heavy (non-hydrogen) atoms. The van der Waals surface area contributed by atoms with E-state index in [9.17, 15) is 5.11 Å². The quantitative estimate of drug-likeness (QED) is 0.906. The first-order valence-corrected chi connectivity index (χ1v) is 6.94. The molecule has 2 aromatic rings. The van der Waals surface area contributed by atoms with Crippen molar-refractivity contribution >= 4 is 27.5 Å². The first-order chi connectivity index (χ1) is 9.13. The smallest absolute Gasteiger partial charge is 0.122 e. The van der Waals surface area contributed by atoms with Gasteiger partial charge >= 0.3 is 0 Å². The fourth-order valence-corrected chi connectivity index (χ4v) is 2.44. The molecule has 1 N–H and O–H groups in total. The minimum atomic E-state index is -0.758. The summed E-state index contributed by atoms with van der Waals surface area (Å²) in [6.07, 6.45) is 0.912. The summed E-state index contributed by atoms with van der Waals surface area (Å²) in [4.78, 5) is 0. The highest BCUT2D eigenvalue weighted by Gasteiger charge is 2.19. The van der Waals surface area contributed by atoms with Crippen molar-refractivity contribution in [3.05, 3.63) is 51.2 Å². The van der Waals surface area contributed by atoms with Crippen LogP contribution in [0.25, 0.3) is 0 Å². The third-order valence-corrected chi connectivity index (χ3v) is 3.65. The highest BCUT2D eigenvalue weighted by Crippen LogP contribution is 2.29. The Morgan fingerprint density at radius 2 is 2.11 bits per heavy atom. The molecule has 0 aliphatic heterocycles. The summed E-state index contributed by atoms with van der Waals surface area (Å²) in [5.41, 5.74) is 1.48. The van der Waals surface area contributed by atoms with Gasteiger partial charge in [-0.15, -0.1) is 0 Å². The number of rotatable bonds is 5. The van der Waals surface area contributed by atoms with Gasteiger partial charge in [0.05, 0.1) is 29.5 Å². The SMILES string of the molecule is COCCn1ncc(Br)c1C(O)c1ccc(Cl)cc1. The van der Waals surface area contributed by atoms with E-state index in [2.05, 4.69) is 21.0 Å². The van der Waals surface area contributed by atoms with Gasteiger partial charge in [0.2, 0.25) is 0 Å². The van der Waals surface area contributed by atoms with Gasteiger partial charge < -0.3 is 9.84 Å². The molecule has 0 saturated carbocycles. The molecule has 2 rings (SSSR count). The van der Waals surface area contributed by atoms with Crippen LogP contribution < -0.4 is 0 Å². The molecule has 0 saturated heterocycles. The Hall–Kier alpha value is -0.880. The number of hydrogen-bond donors (Lipinski definition) is 1. The van der Waals surface area contributed by atoms with Crippen molar-refractivity contribution in [1.29, 1.82) is 0 Å². The maximum absolute atomic E-state index is 10.5. The van der Waals surface area contributed by atoms with Crippen LogP contribution in [0.3, 0.4) is 0 Å². The summed E-state index contributed by atoms with van der Waals surface area (Å²) < 4.78 is 7.53. The van der Waals surface area contributed by atoms with E-state index < -0.39 is 6.10 Å². The second-order valence-corrected chi connectivity index (χ2v) is 5.34. The molecule has 102 valence electrons. The van der Waals surface area contributed by atoms with E-state index >= 15 is 0 Å². The summed E-state index contributed by atoms with van der Waals surface area (Å²) in [6, 6.07) is 7.11. The molecule has 0 aliphatic carbocycles. The molecule has 1 heterocycles. The van der Waals surface area contributed by atoms with Crippen LogP contribution in [-0.4, -0.2) is 28.6 Å². The van der Waals surface area contributed by atoms with E-state index in [0.717, 1.165) is 10.0 Å². The average Bonchev–Trinajstić information content (AvgIpc) is 2.77. The third kappa shape index (κ3) is 3.36. The fourth-order valence-electron chi connectivity index (χ4n) is 1.80. The summed E-state index contributed by atoms with van der Waals surface area (Å²) in [5.74, 6) is 0. The molecule has 1 unspecified atom stereocenters. The Balaban J connectivity index is 2.29. The topological polar surface area (TPSA) is 47.3 Å². The minimum Gasteiger partial charge on any atom is -0.383 e. The lowest BCUT2D eigenvalue weighted by molar-refractivity contribution is 0.171. The maximum Gasteiger partial charge on any atom is 0.122 e. The predicted octanol–water partition coefficient (Wildman–Crippen LogP) is 3.03. The number of aromatic nitrogens is 2. The van der Waals surface area contributed by atoms with Gasteiger partial charge in [-0.25, -0.2) is 0 Å². The fraction of sp³-hybridized carbons (Fsp3) is 0.308. The number of nitrogens with zero attached hydrogens (tertiary/aromatic N) is 2.